The van der Waals surface area contributed by atoms with Gasteiger partial charge in [0.05, 0.1) is 18.1 Å². The average Bonchev–Trinajstić information content (AvgIpc) is 2.67. The van der Waals surface area contributed by atoms with Crippen molar-refractivity contribution in [2.75, 3.05) is 38.2 Å². The highest BCUT2D eigenvalue weighted by atomic mass is 32.2. The molecule has 2 rings (SSSR count). The van der Waals surface area contributed by atoms with E-state index in [1.807, 2.05) is 0 Å². The summed E-state index contributed by atoms with van der Waals surface area (Å²) in [5, 5.41) is 2.78. The van der Waals surface area contributed by atoms with Crippen LogP contribution in [0.15, 0.2) is 59.5 Å². The van der Waals surface area contributed by atoms with Crippen molar-refractivity contribution in [2.45, 2.75) is 11.3 Å². The lowest BCUT2D eigenvalue weighted by Crippen LogP contribution is -2.25. The number of carbonyl (C=O) groups is 1. The van der Waals surface area contributed by atoms with Gasteiger partial charge in [0, 0.05) is 31.5 Å². The molecule has 7 nitrogen and oxygen atoms in total. The van der Waals surface area contributed by atoms with Crippen molar-refractivity contribution in [3.8, 4) is 0 Å². The highest BCUT2D eigenvalue weighted by Gasteiger charge is 2.14. The summed E-state index contributed by atoms with van der Waals surface area (Å²) < 4.78 is 37.4. The Labute approximate surface area is 159 Å². The lowest BCUT2D eigenvalue weighted by molar-refractivity contribution is 0.0688. The molecule has 1 amide bonds. The summed E-state index contributed by atoms with van der Waals surface area (Å²) >= 11 is 0. The molecule has 0 atom stereocenters. The number of anilines is 1. The zero-order chi connectivity index (χ0) is 19.5. The van der Waals surface area contributed by atoms with Crippen LogP contribution in [0.3, 0.4) is 0 Å². The van der Waals surface area contributed by atoms with Crippen LogP contribution in [-0.4, -0.2) is 47.8 Å². The molecule has 2 aromatic carbocycles. The predicted octanol–water partition coefficient (Wildman–Crippen LogP) is 2.27. The van der Waals surface area contributed by atoms with Crippen LogP contribution in [-0.2, 0) is 19.5 Å². The topological polar surface area (TPSA) is 93.7 Å². The first-order valence-electron chi connectivity index (χ1n) is 8.56. The normalized spacial score (nSPS) is 11.1. The zero-order valence-electron chi connectivity index (χ0n) is 15.2. The monoisotopic (exact) mass is 392 g/mol. The standard InChI is InChI=1S/C19H24N2O5S/c1-25-13-14-26-12-6-11-20-19(22)16-7-5-8-17(15-16)21-27(23,24)18-9-3-2-4-10-18/h2-5,7-10,15,21H,6,11-14H2,1H3,(H,20,22). The second-order valence-corrected chi connectivity index (χ2v) is 7.40. The molecule has 0 fully saturated rings. The highest BCUT2D eigenvalue weighted by molar-refractivity contribution is 7.92. The first kappa shape index (κ1) is 20.9. The van der Waals surface area contributed by atoms with Crippen LogP contribution in [0.2, 0.25) is 0 Å². The molecule has 8 heteroatoms. The third-order valence-electron chi connectivity index (χ3n) is 3.61. The summed E-state index contributed by atoms with van der Waals surface area (Å²) in [6, 6.07) is 14.4. The molecule has 2 aromatic rings. The van der Waals surface area contributed by atoms with Crippen LogP contribution in [0.4, 0.5) is 5.69 Å². The van der Waals surface area contributed by atoms with E-state index in [4.69, 9.17) is 9.47 Å². The fraction of sp³-hybridized carbons (Fsp3) is 0.316. The van der Waals surface area contributed by atoms with Gasteiger partial charge in [-0.2, -0.15) is 0 Å². The molecule has 0 unspecified atom stereocenters. The molecule has 27 heavy (non-hydrogen) atoms. The van der Waals surface area contributed by atoms with Crippen LogP contribution in [0.5, 0.6) is 0 Å². The van der Waals surface area contributed by atoms with E-state index in [0.717, 1.165) is 0 Å². The molecule has 0 aliphatic rings. The molecule has 0 radical (unpaired) electrons. The van der Waals surface area contributed by atoms with E-state index < -0.39 is 10.0 Å². The van der Waals surface area contributed by atoms with Gasteiger partial charge in [-0.25, -0.2) is 8.42 Å². The van der Waals surface area contributed by atoms with Crippen molar-refractivity contribution in [1.82, 2.24) is 5.32 Å². The van der Waals surface area contributed by atoms with E-state index >= 15 is 0 Å². The number of rotatable bonds is 11. The second-order valence-electron chi connectivity index (χ2n) is 5.71. The summed E-state index contributed by atoms with van der Waals surface area (Å²) in [6.45, 7) is 2.05. The number of benzene rings is 2. The Morgan fingerprint density at radius 3 is 2.52 bits per heavy atom. The van der Waals surface area contributed by atoms with Gasteiger partial charge in [0.15, 0.2) is 0 Å². The minimum Gasteiger partial charge on any atom is -0.382 e. The summed E-state index contributed by atoms with van der Waals surface area (Å²) in [4.78, 5) is 12.4. The Bertz CT molecular complexity index is 825. The molecule has 0 aliphatic carbocycles. The molecule has 0 spiro atoms. The van der Waals surface area contributed by atoms with E-state index in [1.165, 1.54) is 18.2 Å². The lowest BCUT2D eigenvalue weighted by Gasteiger charge is -2.10. The average molecular weight is 392 g/mol. The van der Waals surface area contributed by atoms with Gasteiger partial charge < -0.3 is 14.8 Å². The van der Waals surface area contributed by atoms with Crippen molar-refractivity contribution in [3.05, 3.63) is 60.2 Å². The molecule has 0 aliphatic heterocycles. The van der Waals surface area contributed by atoms with Gasteiger partial charge in [-0.3, -0.25) is 9.52 Å². The van der Waals surface area contributed by atoms with Crippen molar-refractivity contribution in [1.29, 1.82) is 0 Å². The third-order valence-corrected chi connectivity index (χ3v) is 5.01. The fourth-order valence-electron chi connectivity index (χ4n) is 2.26. The third kappa shape index (κ3) is 7.01. The maximum atomic E-state index is 12.4. The molecule has 0 saturated heterocycles. The number of hydrogen-bond donors (Lipinski definition) is 2. The lowest BCUT2D eigenvalue weighted by atomic mass is 10.2. The molecule has 2 N–H and O–H groups in total. The Morgan fingerprint density at radius 2 is 1.78 bits per heavy atom. The van der Waals surface area contributed by atoms with E-state index in [1.54, 1.807) is 43.5 Å². The maximum absolute atomic E-state index is 12.4. The van der Waals surface area contributed by atoms with Crippen molar-refractivity contribution < 1.29 is 22.7 Å². The highest BCUT2D eigenvalue weighted by Crippen LogP contribution is 2.17. The summed E-state index contributed by atoms with van der Waals surface area (Å²) in [5.41, 5.74) is 0.706. The van der Waals surface area contributed by atoms with Crippen LogP contribution in [0.1, 0.15) is 16.8 Å². The Balaban J connectivity index is 1.88. The summed E-state index contributed by atoms with van der Waals surface area (Å²) in [5.74, 6) is -0.271. The first-order chi connectivity index (χ1) is 13.0. The number of methoxy groups -OCH3 is 1. The second kappa shape index (κ2) is 10.7. The van der Waals surface area contributed by atoms with Crippen LogP contribution < -0.4 is 10.0 Å². The van der Waals surface area contributed by atoms with Gasteiger partial charge in [-0.1, -0.05) is 24.3 Å². The van der Waals surface area contributed by atoms with E-state index in [-0.39, 0.29) is 10.8 Å². The molecular weight excluding hydrogens is 368 g/mol. The van der Waals surface area contributed by atoms with Gasteiger partial charge in [0.25, 0.3) is 15.9 Å². The van der Waals surface area contributed by atoms with E-state index in [0.29, 0.717) is 44.0 Å². The minimum atomic E-state index is -3.70. The Kier molecular flexibility index (Phi) is 8.25. The van der Waals surface area contributed by atoms with Crippen molar-refractivity contribution in [2.24, 2.45) is 0 Å². The van der Waals surface area contributed by atoms with Gasteiger partial charge in [0.1, 0.15) is 0 Å². The van der Waals surface area contributed by atoms with Crippen LogP contribution >= 0.6 is 0 Å². The Morgan fingerprint density at radius 1 is 1.00 bits per heavy atom. The largest absolute Gasteiger partial charge is 0.382 e. The molecular formula is C19H24N2O5S. The number of sulfonamides is 1. The van der Waals surface area contributed by atoms with Crippen molar-refractivity contribution in [3.63, 3.8) is 0 Å². The number of hydrogen-bond acceptors (Lipinski definition) is 5. The predicted molar refractivity (Wildman–Crippen MR) is 103 cm³/mol. The number of carbonyl (C=O) groups excluding carboxylic acids is 1. The fourth-order valence-corrected chi connectivity index (χ4v) is 3.33. The van der Waals surface area contributed by atoms with Crippen LogP contribution in [0.25, 0.3) is 0 Å². The number of ether oxygens (including phenoxy) is 2. The first-order valence-corrected chi connectivity index (χ1v) is 10.0. The molecule has 0 aromatic heterocycles. The molecule has 0 saturated carbocycles. The van der Waals surface area contributed by atoms with E-state index in [2.05, 4.69) is 10.0 Å². The molecule has 0 bridgehead atoms. The van der Waals surface area contributed by atoms with E-state index in [9.17, 15) is 13.2 Å². The van der Waals surface area contributed by atoms with Crippen molar-refractivity contribution >= 4 is 21.6 Å². The Hall–Kier alpha value is -2.42. The quantitative estimate of drug-likeness (QED) is 0.572. The summed E-state index contributed by atoms with van der Waals surface area (Å²) in [7, 11) is -2.09. The minimum absolute atomic E-state index is 0.160. The molecule has 146 valence electrons. The van der Waals surface area contributed by atoms with Gasteiger partial charge in [-0.15, -0.1) is 0 Å². The number of amides is 1. The van der Waals surface area contributed by atoms with Gasteiger partial charge in [0.2, 0.25) is 0 Å². The number of nitrogens with one attached hydrogen (secondary N) is 2. The zero-order valence-corrected chi connectivity index (χ0v) is 16.0. The summed E-state index contributed by atoms with van der Waals surface area (Å²) in [6.07, 6.45) is 0.676. The van der Waals surface area contributed by atoms with Crippen LogP contribution in [0, 0.1) is 0 Å². The smallest absolute Gasteiger partial charge is 0.261 e. The van der Waals surface area contributed by atoms with Gasteiger partial charge >= 0.3 is 0 Å². The SMILES string of the molecule is COCCOCCCNC(=O)c1cccc(NS(=O)(=O)c2ccccc2)c1. The molecule has 0 heterocycles. The maximum Gasteiger partial charge on any atom is 0.261 e. The van der Waals surface area contributed by atoms with Gasteiger partial charge in [-0.05, 0) is 36.8 Å².